The minimum atomic E-state index is -0.460. The molecule has 0 unspecified atom stereocenters. The predicted octanol–water partition coefficient (Wildman–Crippen LogP) is 1.17. The molecule has 2 aliphatic rings. The Labute approximate surface area is 161 Å². The fraction of sp³-hybridized carbons (Fsp3) is 0.474. The topological polar surface area (TPSA) is 86.0 Å². The highest BCUT2D eigenvalue weighted by Gasteiger charge is 2.31. The lowest BCUT2D eigenvalue weighted by molar-refractivity contribution is -0.127. The Bertz CT molecular complexity index is 735. The van der Waals surface area contributed by atoms with E-state index in [2.05, 4.69) is 5.10 Å². The zero-order chi connectivity index (χ0) is 19.1. The SMILES string of the molecule is N#C/C(=N\N(C(=O)C[S+]1CCCC1)c1ccccc1)C(=O)N1CCOCC1. The number of nitriles is 1. The van der Waals surface area contributed by atoms with Gasteiger partial charge in [-0.05, 0) is 35.9 Å². The van der Waals surface area contributed by atoms with Crippen molar-refractivity contribution < 1.29 is 14.3 Å². The summed E-state index contributed by atoms with van der Waals surface area (Å²) in [6.45, 7) is 1.72. The van der Waals surface area contributed by atoms with Crippen LogP contribution in [0.3, 0.4) is 0 Å². The predicted molar refractivity (Wildman–Crippen MR) is 106 cm³/mol. The highest BCUT2D eigenvalue weighted by Crippen LogP contribution is 2.19. The van der Waals surface area contributed by atoms with Crippen LogP contribution in [0.1, 0.15) is 12.8 Å². The molecule has 0 spiro atoms. The number of carbonyl (C=O) groups is 2. The quantitative estimate of drug-likeness (QED) is 0.431. The molecular weight excluding hydrogens is 364 g/mol. The van der Waals surface area contributed by atoms with E-state index < -0.39 is 5.91 Å². The summed E-state index contributed by atoms with van der Waals surface area (Å²) in [6.07, 6.45) is 2.31. The highest BCUT2D eigenvalue weighted by molar-refractivity contribution is 7.97. The van der Waals surface area contributed by atoms with Crippen molar-refractivity contribution in [3.8, 4) is 6.07 Å². The Hall–Kier alpha value is -2.37. The van der Waals surface area contributed by atoms with Crippen molar-refractivity contribution in [2.75, 3.05) is 48.6 Å². The third kappa shape index (κ3) is 5.08. The maximum Gasteiger partial charge on any atom is 0.297 e. The standard InChI is InChI=1S/C19H23N4O3S/c20-14-17(19(25)22-8-10-26-11-9-22)21-23(16-6-2-1-3-7-16)18(24)15-27-12-4-5-13-27/h1-3,6-7H,4-5,8-13,15H2/q+1/b21-17+. The van der Waals surface area contributed by atoms with Gasteiger partial charge in [-0.25, -0.2) is 0 Å². The summed E-state index contributed by atoms with van der Waals surface area (Å²) in [5.74, 6) is 1.90. The Balaban J connectivity index is 1.84. The van der Waals surface area contributed by atoms with Gasteiger partial charge < -0.3 is 9.64 Å². The molecule has 2 aliphatic heterocycles. The molecule has 0 aromatic heterocycles. The average Bonchev–Trinajstić information content (AvgIpc) is 3.22. The monoisotopic (exact) mass is 387 g/mol. The molecule has 2 saturated heterocycles. The number of nitrogens with zero attached hydrogens (tertiary/aromatic N) is 4. The van der Waals surface area contributed by atoms with Gasteiger partial charge in [0.1, 0.15) is 17.6 Å². The lowest BCUT2D eigenvalue weighted by Crippen LogP contribution is -2.44. The minimum absolute atomic E-state index is 0.0612. The van der Waals surface area contributed by atoms with E-state index in [-0.39, 0.29) is 22.5 Å². The first-order valence-corrected chi connectivity index (χ1v) is 10.8. The number of hydrogen-bond donors (Lipinski definition) is 0. The van der Waals surface area contributed by atoms with Gasteiger partial charge in [0.2, 0.25) is 5.71 Å². The minimum Gasteiger partial charge on any atom is -0.378 e. The smallest absolute Gasteiger partial charge is 0.297 e. The number of amides is 2. The van der Waals surface area contributed by atoms with Crippen LogP contribution in [0.5, 0.6) is 0 Å². The summed E-state index contributed by atoms with van der Waals surface area (Å²) in [6, 6.07) is 10.8. The first kappa shape index (κ1) is 19.4. The van der Waals surface area contributed by atoms with E-state index in [9.17, 15) is 14.9 Å². The van der Waals surface area contributed by atoms with E-state index in [1.165, 1.54) is 9.91 Å². The lowest BCUT2D eigenvalue weighted by atomic mass is 10.3. The molecule has 2 heterocycles. The molecular formula is C19H23N4O3S+. The molecule has 0 radical (unpaired) electrons. The zero-order valence-corrected chi connectivity index (χ0v) is 16.0. The zero-order valence-electron chi connectivity index (χ0n) is 15.2. The van der Waals surface area contributed by atoms with Crippen molar-refractivity contribution in [3.63, 3.8) is 0 Å². The van der Waals surface area contributed by atoms with Crippen LogP contribution >= 0.6 is 0 Å². The second-order valence-electron chi connectivity index (χ2n) is 6.38. The summed E-state index contributed by atoms with van der Waals surface area (Å²) >= 11 is 0. The van der Waals surface area contributed by atoms with Crippen molar-refractivity contribution in [1.29, 1.82) is 5.26 Å². The Morgan fingerprint density at radius 1 is 1.19 bits per heavy atom. The molecule has 1 aromatic carbocycles. The molecule has 0 atom stereocenters. The summed E-state index contributed by atoms with van der Waals surface area (Å²) in [4.78, 5) is 27.1. The first-order chi connectivity index (χ1) is 13.2. The van der Waals surface area contributed by atoms with Crippen LogP contribution < -0.4 is 5.01 Å². The van der Waals surface area contributed by atoms with Crippen LogP contribution in [0.2, 0.25) is 0 Å². The van der Waals surface area contributed by atoms with Crippen LogP contribution in [0.15, 0.2) is 35.4 Å². The van der Waals surface area contributed by atoms with E-state index >= 15 is 0 Å². The largest absolute Gasteiger partial charge is 0.378 e. The van der Waals surface area contributed by atoms with Crippen LogP contribution in [0.25, 0.3) is 0 Å². The van der Waals surface area contributed by atoms with Gasteiger partial charge in [0.15, 0.2) is 5.75 Å². The van der Waals surface area contributed by atoms with Crippen LogP contribution in [-0.2, 0) is 25.2 Å². The van der Waals surface area contributed by atoms with Crippen molar-refractivity contribution in [2.45, 2.75) is 12.8 Å². The summed E-state index contributed by atoms with van der Waals surface area (Å²) in [5.41, 5.74) is 0.289. The molecule has 2 fully saturated rings. The Kier molecular flexibility index (Phi) is 6.85. The van der Waals surface area contributed by atoms with Crippen LogP contribution in [0.4, 0.5) is 5.69 Å². The molecule has 2 amide bonds. The van der Waals surface area contributed by atoms with Gasteiger partial charge in [0.25, 0.3) is 11.8 Å². The maximum absolute atomic E-state index is 12.9. The number of benzene rings is 1. The average molecular weight is 387 g/mol. The number of morpholine rings is 1. The van der Waals surface area contributed by atoms with E-state index in [0.29, 0.717) is 37.7 Å². The molecule has 1 aromatic rings. The molecule has 0 bridgehead atoms. The highest BCUT2D eigenvalue weighted by atomic mass is 32.2. The van der Waals surface area contributed by atoms with E-state index in [4.69, 9.17) is 4.74 Å². The summed E-state index contributed by atoms with van der Waals surface area (Å²) < 4.78 is 5.25. The summed E-state index contributed by atoms with van der Waals surface area (Å²) in [7, 11) is 0.0612. The van der Waals surface area contributed by atoms with Gasteiger partial charge in [0.05, 0.1) is 18.9 Å². The number of carbonyl (C=O) groups excluding carboxylic acids is 2. The second-order valence-corrected chi connectivity index (χ2v) is 8.71. The molecule has 0 aliphatic carbocycles. The molecule has 27 heavy (non-hydrogen) atoms. The van der Waals surface area contributed by atoms with E-state index in [0.717, 1.165) is 24.3 Å². The van der Waals surface area contributed by atoms with E-state index in [1.807, 2.05) is 12.1 Å². The van der Waals surface area contributed by atoms with Crippen molar-refractivity contribution in [1.82, 2.24) is 4.90 Å². The van der Waals surface area contributed by atoms with Gasteiger partial charge in [-0.2, -0.15) is 10.3 Å². The molecule has 142 valence electrons. The van der Waals surface area contributed by atoms with Gasteiger partial charge in [-0.1, -0.05) is 18.2 Å². The lowest BCUT2D eigenvalue weighted by Gasteiger charge is -2.26. The number of ether oxygens (including phenoxy) is 1. The van der Waals surface area contributed by atoms with E-state index in [1.54, 1.807) is 24.3 Å². The van der Waals surface area contributed by atoms with Crippen molar-refractivity contribution in [2.24, 2.45) is 5.10 Å². The van der Waals surface area contributed by atoms with Crippen LogP contribution in [-0.4, -0.2) is 66.0 Å². The molecule has 0 saturated carbocycles. The first-order valence-electron chi connectivity index (χ1n) is 9.07. The maximum atomic E-state index is 12.9. The molecule has 8 heteroatoms. The van der Waals surface area contributed by atoms with Gasteiger partial charge in [-0.3, -0.25) is 9.59 Å². The van der Waals surface area contributed by atoms with Crippen LogP contribution in [0, 0.1) is 11.3 Å². The molecule has 7 nitrogen and oxygen atoms in total. The molecule has 3 rings (SSSR count). The third-order valence-electron chi connectivity index (χ3n) is 4.49. The Morgan fingerprint density at radius 2 is 1.85 bits per heavy atom. The fourth-order valence-corrected chi connectivity index (χ4v) is 5.24. The van der Waals surface area contributed by atoms with Crippen molar-refractivity contribution in [3.05, 3.63) is 30.3 Å². The van der Waals surface area contributed by atoms with Crippen molar-refractivity contribution >= 4 is 34.1 Å². The summed E-state index contributed by atoms with van der Waals surface area (Å²) in [5, 5.41) is 14.9. The normalized spacial score (nSPS) is 18.2. The molecule has 0 N–H and O–H groups in total. The third-order valence-corrected chi connectivity index (χ3v) is 6.87. The van der Waals surface area contributed by atoms with Gasteiger partial charge >= 0.3 is 0 Å². The van der Waals surface area contributed by atoms with Gasteiger partial charge in [-0.15, -0.1) is 5.10 Å². The number of hydrazone groups is 1. The number of para-hydroxylation sites is 1. The number of anilines is 1. The Morgan fingerprint density at radius 3 is 2.48 bits per heavy atom. The number of rotatable bonds is 5. The number of hydrogen-bond acceptors (Lipinski definition) is 5. The van der Waals surface area contributed by atoms with Gasteiger partial charge in [0, 0.05) is 13.1 Å². The fourth-order valence-electron chi connectivity index (χ4n) is 3.05. The second kappa shape index (κ2) is 9.53.